The lowest BCUT2D eigenvalue weighted by atomic mass is 9.79. The minimum atomic E-state index is 0.357. The summed E-state index contributed by atoms with van der Waals surface area (Å²) in [7, 11) is 0. The van der Waals surface area contributed by atoms with Gasteiger partial charge in [-0.3, -0.25) is 0 Å². The van der Waals surface area contributed by atoms with Crippen molar-refractivity contribution in [2.75, 3.05) is 13.2 Å². The first-order valence-electron chi connectivity index (χ1n) is 8.11. The van der Waals surface area contributed by atoms with E-state index in [0.717, 1.165) is 13.1 Å². The molecule has 2 unspecified atom stereocenters. The zero-order valence-corrected chi connectivity index (χ0v) is 12.9. The zero-order chi connectivity index (χ0) is 14.4. The SMILES string of the molecule is CC(C)c1ccc(CNCC2CCCCC2CO)cc1. The Morgan fingerprint density at radius 1 is 1.10 bits per heavy atom. The van der Waals surface area contributed by atoms with E-state index < -0.39 is 0 Å². The highest BCUT2D eigenvalue weighted by Gasteiger charge is 2.23. The largest absolute Gasteiger partial charge is 0.396 e. The van der Waals surface area contributed by atoms with E-state index in [1.165, 1.54) is 36.8 Å². The van der Waals surface area contributed by atoms with E-state index in [1.54, 1.807) is 0 Å². The zero-order valence-electron chi connectivity index (χ0n) is 12.9. The fourth-order valence-corrected chi connectivity index (χ4v) is 3.22. The maximum atomic E-state index is 9.43. The van der Waals surface area contributed by atoms with Crippen LogP contribution in [0, 0.1) is 11.8 Å². The molecule has 1 aliphatic rings. The molecule has 1 aromatic carbocycles. The molecule has 1 aromatic rings. The van der Waals surface area contributed by atoms with Crippen LogP contribution in [0.3, 0.4) is 0 Å². The fourth-order valence-electron chi connectivity index (χ4n) is 3.22. The van der Waals surface area contributed by atoms with Crippen molar-refractivity contribution >= 4 is 0 Å². The number of benzene rings is 1. The first kappa shape index (κ1) is 15.5. The molecule has 20 heavy (non-hydrogen) atoms. The number of hydrogen-bond donors (Lipinski definition) is 2. The van der Waals surface area contributed by atoms with Crippen LogP contribution in [-0.4, -0.2) is 18.3 Å². The molecular formula is C18H29NO. The number of aliphatic hydroxyl groups excluding tert-OH is 1. The highest BCUT2D eigenvalue weighted by atomic mass is 16.3. The van der Waals surface area contributed by atoms with Gasteiger partial charge in [-0.25, -0.2) is 0 Å². The van der Waals surface area contributed by atoms with Crippen LogP contribution >= 0.6 is 0 Å². The topological polar surface area (TPSA) is 32.3 Å². The second-order valence-corrected chi connectivity index (χ2v) is 6.51. The lowest BCUT2D eigenvalue weighted by Crippen LogP contribution is -2.32. The molecule has 112 valence electrons. The van der Waals surface area contributed by atoms with E-state index in [-0.39, 0.29) is 0 Å². The van der Waals surface area contributed by atoms with Gasteiger partial charge in [0.15, 0.2) is 0 Å². The van der Waals surface area contributed by atoms with Crippen LogP contribution in [0.25, 0.3) is 0 Å². The van der Waals surface area contributed by atoms with Crippen molar-refractivity contribution in [2.45, 2.75) is 52.0 Å². The van der Waals surface area contributed by atoms with E-state index in [4.69, 9.17) is 0 Å². The van der Waals surface area contributed by atoms with Gasteiger partial charge in [0.05, 0.1) is 0 Å². The molecule has 1 fully saturated rings. The third kappa shape index (κ3) is 4.32. The Bertz CT molecular complexity index is 385. The Kier molecular flexibility index (Phi) is 6.06. The monoisotopic (exact) mass is 275 g/mol. The van der Waals surface area contributed by atoms with Gasteiger partial charge in [0.2, 0.25) is 0 Å². The standard InChI is InChI=1S/C18H29NO/c1-14(2)16-9-7-15(8-10-16)11-19-12-17-5-3-4-6-18(17)13-20/h7-10,14,17-20H,3-6,11-13H2,1-2H3. The average Bonchev–Trinajstić information content (AvgIpc) is 2.48. The van der Waals surface area contributed by atoms with Crippen LogP contribution in [-0.2, 0) is 6.54 Å². The maximum absolute atomic E-state index is 9.43. The highest BCUT2D eigenvalue weighted by molar-refractivity contribution is 5.24. The fraction of sp³-hybridized carbons (Fsp3) is 0.667. The molecule has 2 rings (SSSR count). The third-order valence-electron chi connectivity index (χ3n) is 4.68. The molecule has 2 heteroatoms. The van der Waals surface area contributed by atoms with Gasteiger partial charge in [-0.1, -0.05) is 51.0 Å². The van der Waals surface area contributed by atoms with Crippen LogP contribution in [0.5, 0.6) is 0 Å². The van der Waals surface area contributed by atoms with Crippen molar-refractivity contribution in [1.29, 1.82) is 0 Å². The summed E-state index contributed by atoms with van der Waals surface area (Å²) in [6.07, 6.45) is 5.08. The minimum Gasteiger partial charge on any atom is -0.396 e. The van der Waals surface area contributed by atoms with Crippen LogP contribution in [0.1, 0.15) is 56.6 Å². The Labute approximate surface area is 123 Å². The number of rotatable bonds is 6. The number of hydrogen-bond acceptors (Lipinski definition) is 2. The molecule has 2 N–H and O–H groups in total. The molecule has 0 heterocycles. The van der Waals surface area contributed by atoms with Gasteiger partial charge in [0.25, 0.3) is 0 Å². The summed E-state index contributed by atoms with van der Waals surface area (Å²) in [5.74, 6) is 1.77. The molecule has 0 saturated heterocycles. The normalized spacial score (nSPS) is 23.2. The van der Waals surface area contributed by atoms with Gasteiger partial charge in [0, 0.05) is 13.2 Å². The predicted molar refractivity (Wildman–Crippen MR) is 84.8 cm³/mol. The molecule has 0 aromatic heterocycles. The van der Waals surface area contributed by atoms with Crippen molar-refractivity contribution in [1.82, 2.24) is 5.32 Å². The first-order valence-corrected chi connectivity index (χ1v) is 8.11. The van der Waals surface area contributed by atoms with Gasteiger partial charge >= 0.3 is 0 Å². The van der Waals surface area contributed by atoms with Crippen molar-refractivity contribution < 1.29 is 5.11 Å². The van der Waals surface area contributed by atoms with Crippen molar-refractivity contribution in [2.24, 2.45) is 11.8 Å². The summed E-state index contributed by atoms with van der Waals surface area (Å²) in [6.45, 7) is 6.79. The lowest BCUT2D eigenvalue weighted by molar-refractivity contribution is 0.133. The van der Waals surface area contributed by atoms with Gasteiger partial charge in [0.1, 0.15) is 0 Å². The summed E-state index contributed by atoms with van der Waals surface area (Å²) in [4.78, 5) is 0. The molecule has 0 spiro atoms. The Balaban J connectivity index is 1.77. The second kappa shape index (κ2) is 7.80. The molecular weight excluding hydrogens is 246 g/mol. The predicted octanol–water partition coefficient (Wildman–Crippen LogP) is 3.70. The van der Waals surface area contributed by atoms with Crippen molar-refractivity contribution in [3.8, 4) is 0 Å². The molecule has 0 aliphatic heterocycles. The quantitative estimate of drug-likeness (QED) is 0.829. The Morgan fingerprint density at radius 3 is 2.35 bits per heavy atom. The summed E-state index contributed by atoms with van der Waals surface area (Å²) < 4.78 is 0. The molecule has 2 nitrogen and oxygen atoms in total. The smallest absolute Gasteiger partial charge is 0.0462 e. The molecule has 1 aliphatic carbocycles. The second-order valence-electron chi connectivity index (χ2n) is 6.51. The van der Waals surface area contributed by atoms with Crippen LogP contribution < -0.4 is 5.32 Å². The van der Waals surface area contributed by atoms with Gasteiger partial charge < -0.3 is 10.4 Å². The summed E-state index contributed by atoms with van der Waals surface area (Å²) in [6, 6.07) is 8.93. The van der Waals surface area contributed by atoms with E-state index >= 15 is 0 Å². The third-order valence-corrected chi connectivity index (χ3v) is 4.68. The van der Waals surface area contributed by atoms with Gasteiger partial charge in [-0.2, -0.15) is 0 Å². The molecule has 0 radical (unpaired) electrons. The van der Waals surface area contributed by atoms with Crippen molar-refractivity contribution in [3.05, 3.63) is 35.4 Å². The Hall–Kier alpha value is -0.860. The van der Waals surface area contributed by atoms with E-state index in [0.29, 0.717) is 24.4 Å². The van der Waals surface area contributed by atoms with Crippen LogP contribution in [0.2, 0.25) is 0 Å². The lowest BCUT2D eigenvalue weighted by Gasteiger charge is -2.30. The Morgan fingerprint density at radius 2 is 1.75 bits per heavy atom. The summed E-state index contributed by atoms with van der Waals surface area (Å²) >= 11 is 0. The molecule has 1 saturated carbocycles. The van der Waals surface area contributed by atoms with Gasteiger partial charge in [-0.15, -0.1) is 0 Å². The van der Waals surface area contributed by atoms with Crippen LogP contribution in [0.4, 0.5) is 0 Å². The summed E-state index contributed by atoms with van der Waals surface area (Å²) in [5.41, 5.74) is 2.76. The van der Waals surface area contributed by atoms with Crippen LogP contribution in [0.15, 0.2) is 24.3 Å². The van der Waals surface area contributed by atoms with E-state index in [2.05, 4.69) is 43.4 Å². The average molecular weight is 275 g/mol. The molecule has 0 bridgehead atoms. The van der Waals surface area contributed by atoms with Crippen molar-refractivity contribution in [3.63, 3.8) is 0 Å². The first-order chi connectivity index (χ1) is 9.70. The summed E-state index contributed by atoms with van der Waals surface area (Å²) in [5, 5.41) is 13.0. The number of aliphatic hydroxyl groups is 1. The molecule has 0 amide bonds. The van der Waals surface area contributed by atoms with E-state index in [1.807, 2.05) is 0 Å². The number of nitrogens with one attached hydrogen (secondary N) is 1. The van der Waals surface area contributed by atoms with E-state index in [9.17, 15) is 5.11 Å². The minimum absolute atomic E-state index is 0.357. The maximum Gasteiger partial charge on any atom is 0.0462 e. The highest BCUT2D eigenvalue weighted by Crippen LogP contribution is 2.29. The van der Waals surface area contributed by atoms with Gasteiger partial charge in [-0.05, 0) is 48.3 Å². The molecule has 2 atom stereocenters.